The highest BCUT2D eigenvalue weighted by atomic mass is 32.1. The van der Waals surface area contributed by atoms with Crippen molar-refractivity contribution < 1.29 is 4.79 Å². The van der Waals surface area contributed by atoms with E-state index in [2.05, 4.69) is 4.98 Å². The van der Waals surface area contributed by atoms with Gasteiger partial charge in [0, 0.05) is 32.0 Å². The van der Waals surface area contributed by atoms with Crippen LogP contribution in [-0.4, -0.2) is 33.4 Å². The molecule has 100 valence electrons. The standard InChI is InChI=1S/C13H15N3O2S/c1-2-15-6-9(5-11(15)17)7-16-8-14-12-10(13(16)18)3-4-19-12/h3-4,8-9H,2,5-7H2,1H3. The summed E-state index contributed by atoms with van der Waals surface area (Å²) >= 11 is 1.47. The van der Waals surface area contributed by atoms with Gasteiger partial charge in [0.2, 0.25) is 5.91 Å². The minimum Gasteiger partial charge on any atom is -0.343 e. The Morgan fingerprint density at radius 1 is 1.47 bits per heavy atom. The van der Waals surface area contributed by atoms with Gasteiger partial charge in [-0.2, -0.15) is 0 Å². The first-order valence-corrected chi connectivity index (χ1v) is 7.27. The molecule has 1 aliphatic rings. The third-order valence-electron chi connectivity index (χ3n) is 3.58. The predicted octanol–water partition coefficient (Wildman–Crippen LogP) is 1.33. The van der Waals surface area contributed by atoms with E-state index in [4.69, 9.17) is 0 Å². The lowest BCUT2D eigenvalue weighted by Crippen LogP contribution is -2.27. The first-order valence-electron chi connectivity index (χ1n) is 6.39. The molecule has 0 bridgehead atoms. The molecule has 2 aromatic heterocycles. The number of nitrogens with zero attached hydrogens (tertiary/aromatic N) is 3. The van der Waals surface area contributed by atoms with Crippen LogP contribution in [-0.2, 0) is 11.3 Å². The van der Waals surface area contributed by atoms with Crippen molar-refractivity contribution in [3.8, 4) is 0 Å². The zero-order valence-corrected chi connectivity index (χ0v) is 11.5. The fourth-order valence-electron chi connectivity index (χ4n) is 2.58. The Morgan fingerprint density at radius 3 is 3.05 bits per heavy atom. The fraction of sp³-hybridized carbons (Fsp3) is 0.462. The van der Waals surface area contributed by atoms with Gasteiger partial charge in [0.05, 0.1) is 11.7 Å². The van der Waals surface area contributed by atoms with Gasteiger partial charge < -0.3 is 4.90 Å². The van der Waals surface area contributed by atoms with Crippen molar-refractivity contribution in [2.24, 2.45) is 5.92 Å². The summed E-state index contributed by atoms with van der Waals surface area (Å²) in [6.07, 6.45) is 2.13. The summed E-state index contributed by atoms with van der Waals surface area (Å²) in [5.74, 6) is 0.396. The number of carbonyl (C=O) groups is 1. The average Bonchev–Trinajstić information content (AvgIpc) is 2.99. The third-order valence-corrected chi connectivity index (χ3v) is 4.40. The highest BCUT2D eigenvalue weighted by Gasteiger charge is 2.28. The quantitative estimate of drug-likeness (QED) is 0.850. The molecule has 0 aromatic carbocycles. The largest absolute Gasteiger partial charge is 0.343 e. The molecule has 2 aromatic rings. The second-order valence-electron chi connectivity index (χ2n) is 4.84. The maximum Gasteiger partial charge on any atom is 0.262 e. The highest BCUT2D eigenvalue weighted by molar-refractivity contribution is 7.16. The fourth-order valence-corrected chi connectivity index (χ4v) is 3.31. The lowest BCUT2D eigenvalue weighted by atomic mass is 10.1. The van der Waals surface area contributed by atoms with Crippen molar-refractivity contribution in [2.75, 3.05) is 13.1 Å². The minimum absolute atomic E-state index is 0.00588. The van der Waals surface area contributed by atoms with Gasteiger partial charge in [0.25, 0.3) is 5.56 Å². The van der Waals surface area contributed by atoms with Crippen molar-refractivity contribution in [3.63, 3.8) is 0 Å². The van der Waals surface area contributed by atoms with Crippen LogP contribution in [0, 0.1) is 5.92 Å². The molecule has 1 aliphatic heterocycles. The summed E-state index contributed by atoms with van der Waals surface area (Å²) in [5, 5.41) is 2.55. The van der Waals surface area contributed by atoms with Crippen LogP contribution in [0.2, 0.25) is 0 Å². The molecule has 19 heavy (non-hydrogen) atoms. The number of hydrogen-bond acceptors (Lipinski definition) is 4. The number of likely N-dealkylation sites (tertiary alicyclic amines) is 1. The molecular formula is C13H15N3O2S. The maximum atomic E-state index is 12.2. The number of fused-ring (bicyclic) bond motifs is 1. The number of aromatic nitrogens is 2. The molecule has 3 rings (SSSR count). The number of rotatable bonds is 3. The summed E-state index contributed by atoms with van der Waals surface area (Å²) in [7, 11) is 0. The molecule has 0 saturated carbocycles. The van der Waals surface area contributed by atoms with Crippen LogP contribution in [0.3, 0.4) is 0 Å². The third kappa shape index (κ3) is 2.16. The van der Waals surface area contributed by atoms with Crippen LogP contribution in [0.1, 0.15) is 13.3 Å². The summed E-state index contributed by atoms with van der Waals surface area (Å²) in [6.45, 7) is 4.03. The van der Waals surface area contributed by atoms with Crippen LogP contribution in [0.5, 0.6) is 0 Å². The van der Waals surface area contributed by atoms with E-state index < -0.39 is 0 Å². The van der Waals surface area contributed by atoms with Crippen molar-refractivity contribution in [2.45, 2.75) is 19.9 Å². The molecular weight excluding hydrogens is 262 g/mol. The first kappa shape index (κ1) is 12.3. The topological polar surface area (TPSA) is 55.2 Å². The van der Waals surface area contributed by atoms with E-state index >= 15 is 0 Å². The van der Waals surface area contributed by atoms with Crippen molar-refractivity contribution in [3.05, 3.63) is 28.1 Å². The van der Waals surface area contributed by atoms with E-state index in [0.717, 1.165) is 17.9 Å². The summed E-state index contributed by atoms with van der Waals surface area (Å²) < 4.78 is 1.63. The van der Waals surface area contributed by atoms with E-state index in [1.165, 1.54) is 11.3 Å². The van der Waals surface area contributed by atoms with Gasteiger partial charge in [-0.3, -0.25) is 14.2 Å². The molecule has 6 heteroatoms. The van der Waals surface area contributed by atoms with Gasteiger partial charge in [-0.25, -0.2) is 4.98 Å². The lowest BCUT2D eigenvalue weighted by Gasteiger charge is -2.14. The molecule has 1 amide bonds. The molecule has 1 fully saturated rings. The Labute approximate surface area is 114 Å². The zero-order chi connectivity index (χ0) is 13.4. The Hall–Kier alpha value is -1.69. The highest BCUT2D eigenvalue weighted by Crippen LogP contribution is 2.19. The number of amides is 1. The van der Waals surface area contributed by atoms with Crippen molar-refractivity contribution >= 4 is 27.5 Å². The van der Waals surface area contributed by atoms with Crippen molar-refractivity contribution in [1.82, 2.24) is 14.5 Å². The smallest absolute Gasteiger partial charge is 0.262 e. The SMILES string of the molecule is CCN1CC(Cn2cnc3sccc3c2=O)CC1=O. The number of hydrogen-bond donors (Lipinski definition) is 0. The number of thiophene rings is 1. The Balaban J connectivity index is 1.84. The van der Waals surface area contributed by atoms with Gasteiger partial charge in [0.1, 0.15) is 4.83 Å². The van der Waals surface area contributed by atoms with Crippen LogP contribution in [0.15, 0.2) is 22.6 Å². The summed E-state index contributed by atoms with van der Waals surface area (Å²) in [4.78, 5) is 30.8. The summed E-state index contributed by atoms with van der Waals surface area (Å²) in [5.41, 5.74) is -0.00588. The Kier molecular flexibility index (Phi) is 3.10. The van der Waals surface area contributed by atoms with E-state index in [9.17, 15) is 9.59 Å². The van der Waals surface area contributed by atoms with Crippen LogP contribution < -0.4 is 5.56 Å². The minimum atomic E-state index is -0.00588. The second-order valence-corrected chi connectivity index (χ2v) is 5.74. The van der Waals surface area contributed by atoms with E-state index in [1.54, 1.807) is 10.9 Å². The van der Waals surface area contributed by atoms with E-state index in [1.807, 2.05) is 23.3 Å². The summed E-state index contributed by atoms with van der Waals surface area (Å²) in [6, 6.07) is 1.81. The average molecular weight is 277 g/mol. The molecule has 3 heterocycles. The molecule has 1 unspecified atom stereocenters. The lowest BCUT2D eigenvalue weighted by molar-refractivity contribution is -0.127. The van der Waals surface area contributed by atoms with Gasteiger partial charge in [-0.15, -0.1) is 11.3 Å². The molecule has 1 saturated heterocycles. The van der Waals surface area contributed by atoms with Gasteiger partial charge in [-0.1, -0.05) is 0 Å². The van der Waals surface area contributed by atoms with Crippen molar-refractivity contribution in [1.29, 1.82) is 0 Å². The van der Waals surface area contributed by atoms with Crippen LogP contribution in [0.4, 0.5) is 0 Å². The monoisotopic (exact) mass is 277 g/mol. The normalized spacial score (nSPS) is 19.5. The molecule has 0 N–H and O–H groups in total. The maximum absolute atomic E-state index is 12.2. The van der Waals surface area contributed by atoms with Gasteiger partial charge in [0.15, 0.2) is 0 Å². The predicted molar refractivity (Wildman–Crippen MR) is 74.2 cm³/mol. The first-order chi connectivity index (χ1) is 9.19. The van der Waals surface area contributed by atoms with E-state index in [-0.39, 0.29) is 17.4 Å². The van der Waals surface area contributed by atoms with Crippen LogP contribution >= 0.6 is 11.3 Å². The van der Waals surface area contributed by atoms with Gasteiger partial charge >= 0.3 is 0 Å². The van der Waals surface area contributed by atoms with E-state index in [0.29, 0.717) is 18.4 Å². The molecule has 1 atom stereocenters. The number of carbonyl (C=O) groups excluding carboxylic acids is 1. The zero-order valence-electron chi connectivity index (χ0n) is 10.7. The molecule has 0 spiro atoms. The van der Waals surface area contributed by atoms with Gasteiger partial charge in [-0.05, 0) is 18.4 Å². The second kappa shape index (κ2) is 4.77. The molecule has 5 nitrogen and oxygen atoms in total. The molecule has 0 aliphatic carbocycles. The Bertz CT molecular complexity index is 676. The van der Waals surface area contributed by atoms with Crippen LogP contribution in [0.25, 0.3) is 10.2 Å². The molecule has 0 radical (unpaired) electrons. The Morgan fingerprint density at radius 2 is 2.32 bits per heavy atom.